The van der Waals surface area contributed by atoms with Gasteiger partial charge in [0.25, 0.3) is 0 Å². The van der Waals surface area contributed by atoms with Gasteiger partial charge in [-0.1, -0.05) is 69.2 Å². The van der Waals surface area contributed by atoms with E-state index >= 15 is 0 Å². The van der Waals surface area contributed by atoms with Gasteiger partial charge < -0.3 is 10.2 Å². The molecule has 1 aromatic heterocycles. The van der Waals surface area contributed by atoms with Crippen LogP contribution in [0.15, 0.2) is 69.0 Å². The Morgan fingerprint density at radius 2 is 1.76 bits per heavy atom. The number of nitrogens with one attached hydrogen (secondary N) is 1. The molecule has 3 aromatic rings. The van der Waals surface area contributed by atoms with Crippen molar-refractivity contribution in [2.45, 2.75) is 58.9 Å². The maximum absolute atomic E-state index is 12.3. The van der Waals surface area contributed by atoms with Crippen LogP contribution in [0.3, 0.4) is 0 Å². The van der Waals surface area contributed by atoms with Crippen molar-refractivity contribution in [1.29, 1.82) is 0 Å². The molecule has 0 unspecified atom stereocenters. The summed E-state index contributed by atoms with van der Waals surface area (Å²) in [6.07, 6.45) is 6.73. The smallest absolute Gasteiger partial charge is 0.336 e. The zero-order valence-electron chi connectivity index (χ0n) is 21.2. The predicted molar refractivity (Wildman–Crippen MR) is 147 cm³/mol. The van der Waals surface area contributed by atoms with Gasteiger partial charge in [-0.05, 0) is 41.7 Å². The van der Waals surface area contributed by atoms with E-state index in [-0.39, 0.29) is 17.1 Å². The molecule has 0 radical (unpaired) electrons. The van der Waals surface area contributed by atoms with Crippen molar-refractivity contribution >= 4 is 23.6 Å². The second kappa shape index (κ2) is 11.7. The second-order valence-electron chi connectivity index (χ2n) is 9.11. The third-order valence-corrected chi connectivity index (χ3v) is 6.37. The molecule has 2 aromatic carbocycles. The van der Waals surface area contributed by atoms with Gasteiger partial charge in [0.05, 0.1) is 17.0 Å². The molecule has 1 aliphatic rings. The molecule has 8 heteroatoms. The number of amidine groups is 1. The average Bonchev–Trinajstić information content (AvgIpc) is 3.40. The van der Waals surface area contributed by atoms with Gasteiger partial charge in [-0.3, -0.25) is 9.55 Å². The van der Waals surface area contributed by atoms with Crippen molar-refractivity contribution in [3.05, 3.63) is 81.5 Å². The fourth-order valence-electron chi connectivity index (χ4n) is 4.33. The number of H-pyrrole nitrogens is 1. The maximum Gasteiger partial charge on any atom is 0.336 e. The standard InChI is InChI=1S/C29H32N4O4/c1-3-5-11-26-30-23(24(31-26)18-25-27(34)32-29(37)33(25)16-6-4-2)17-19-12-14-20(15-13-19)21-9-7-8-10-22(21)28(35)36/h7-10,12-15,18,34H,3-6,11,16-17H2,1-2H3,(H,32,37)(H,35,36). The Labute approximate surface area is 215 Å². The van der Waals surface area contributed by atoms with E-state index in [1.807, 2.05) is 37.3 Å². The summed E-state index contributed by atoms with van der Waals surface area (Å²) in [5.41, 5.74) is 4.20. The van der Waals surface area contributed by atoms with E-state index in [2.05, 4.69) is 11.9 Å². The largest absolute Gasteiger partial charge is 0.493 e. The van der Waals surface area contributed by atoms with Crippen molar-refractivity contribution < 1.29 is 15.0 Å². The monoisotopic (exact) mass is 500 g/mol. The van der Waals surface area contributed by atoms with E-state index in [0.29, 0.717) is 29.9 Å². The fourth-order valence-corrected chi connectivity index (χ4v) is 4.33. The van der Waals surface area contributed by atoms with Gasteiger partial charge in [0.1, 0.15) is 11.5 Å². The first-order chi connectivity index (χ1) is 17.9. The minimum absolute atomic E-state index is 0.174. The molecule has 8 nitrogen and oxygen atoms in total. The molecule has 1 aliphatic heterocycles. The van der Waals surface area contributed by atoms with Crippen molar-refractivity contribution in [2.24, 2.45) is 9.98 Å². The lowest BCUT2D eigenvalue weighted by atomic mass is 9.97. The lowest BCUT2D eigenvalue weighted by molar-refractivity contribution is 0.0697. The molecule has 0 saturated carbocycles. The number of benzene rings is 2. The van der Waals surface area contributed by atoms with E-state index in [1.165, 1.54) is 4.57 Å². The molecule has 0 aliphatic carbocycles. The van der Waals surface area contributed by atoms with Gasteiger partial charge in [0.15, 0.2) is 0 Å². The summed E-state index contributed by atoms with van der Waals surface area (Å²) in [5, 5.41) is 19.9. The number of imidazole rings is 1. The number of rotatable bonds is 11. The summed E-state index contributed by atoms with van der Waals surface area (Å²) in [4.78, 5) is 36.0. The zero-order chi connectivity index (χ0) is 26.4. The van der Waals surface area contributed by atoms with Gasteiger partial charge >= 0.3 is 11.7 Å². The highest BCUT2D eigenvalue weighted by Gasteiger charge is 2.20. The van der Waals surface area contributed by atoms with E-state index in [1.54, 1.807) is 24.3 Å². The van der Waals surface area contributed by atoms with Crippen LogP contribution in [0.4, 0.5) is 0 Å². The highest BCUT2D eigenvalue weighted by atomic mass is 16.4. The molecule has 2 heterocycles. The molecule has 0 spiro atoms. The number of aromatic carboxylic acids is 1. The van der Waals surface area contributed by atoms with E-state index in [9.17, 15) is 19.8 Å². The maximum atomic E-state index is 12.3. The Bertz CT molecular complexity index is 1420. The number of nitrogens with zero attached hydrogens (tertiary/aromatic N) is 3. The molecular formula is C29H32N4O4. The first kappa shape index (κ1) is 25.9. The lowest BCUT2D eigenvalue weighted by Gasteiger charge is -2.08. The fraction of sp³-hybridized carbons (Fsp3) is 0.310. The molecule has 0 amide bonds. The van der Waals surface area contributed by atoms with Gasteiger partial charge in [-0.25, -0.2) is 19.6 Å². The molecule has 0 bridgehead atoms. The molecular weight excluding hydrogens is 468 g/mol. The average molecular weight is 501 g/mol. The highest BCUT2D eigenvalue weighted by Crippen LogP contribution is 2.26. The molecule has 37 heavy (non-hydrogen) atoms. The topological polar surface area (TPSA) is 120 Å². The normalized spacial score (nSPS) is 14.2. The van der Waals surface area contributed by atoms with Crippen LogP contribution in [0.2, 0.25) is 0 Å². The minimum Gasteiger partial charge on any atom is -0.493 e. The Kier molecular flexibility index (Phi) is 8.18. The second-order valence-corrected chi connectivity index (χ2v) is 9.11. The SMILES string of the molecule is CCCCC1=NC(=Cc2c(O)[nH]c(=O)n2CCCC)C(Cc2ccc(-c3ccccc3C(=O)O)cc2)=N1. The lowest BCUT2D eigenvalue weighted by Crippen LogP contribution is -2.18. The number of allylic oxidation sites excluding steroid dienone is 1. The summed E-state index contributed by atoms with van der Waals surface area (Å²) in [6, 6.07) is 14.7. The Balaban J connectivity index is 1.64. The van der Waals surface area contributed by atoms with Gasteiger partial charge in [0.2, 0.25) is 5.88 Å². The van der Waals surface area contributed by atoms with Crippen LogP contribution in [-0.2, 0) is 13.0 Å². The van der Waals surface area contributed by atoms with Crippen LogP contribution in [0.1, 0.15) is 67.6 Å². The third kappa shape index (κ3) is 5.97. The molecule has 192 valence electrons. The van der Waals surface area contributed by atoms with Crippen LogP contribution in [0.25, 0.3) is 17.2 Å². The van der Waals surface area contributed by atoms with Crippen molar-refractivity contribution in [1.82, 2.24) is 9.55 Å². The highest BCUT2D eigenvalue weighted by molar-refractivity contribution is 6.15. The number of aromatic nitrogens is 2. The molecule has 3 N–H and O–H groups in total. The van der Waals surface area contributed by atoms with E-state index < -0.39 is 5.97 Å². The van der Waals surface area contributed by atoms with Gasteiger partial charge in [-0.2, -0.15) is 0 Å². The number of aromatic hydroxyl groups is 1. The summed E-state index contributed by atoms with van der Waals surface area (Å²) >= 11 is 0. The first-order valence-corrected chi connectivity index (χ1v) is 12.7. The number of hydrogen-bond acceptors (Lipinski definition) is 5. The van der Waals surface area contributed by atoms with Crippen LogP contribution in [-0.4, -0.2) is 37.3 Å². The van der Waals surface area contributed by atoms with E-state index in [4.69, 9.17) is 9.98 Å². The number of hydrogen-bond donors (Lipinski definition) is 3. The Morgan fingerprint density at radius 3 is 2.46 bits per heavy atom. The molecule has 0 saturated heterocycles. The third-order valence-electron chi connectivity index (χ3n) is 6.37. The summed E-state index contributed by atoms with van der Waals surface area (Å²) in [7, 11) is 0. The van der Waals surface area contributed by atoms with Crippen molar-refractivity contribution in [2.75, 3.05) is 0 Å². The van der Waals surface area contributed by atoms with Gasteiger partial charge in [-0.15, -0.1) is 0 Å². The number of aliphatic imine (C=N–C) groups is 2. The number of aromatic amines is 1. The predicted octanol–water partition coefficient (Wildman–Crippen LogP) is 5.67. The number of unbranched alkanes of at least 4 members (excludes halogenated alkanes) is 2. The molecule has 0 atom stereocenters. The first-order valence-electron chi connectivity index (χ1n) is 12.7. The van der Waals surface area contributed by atoms with E-state index in [0.717, 1.165) is 54.8 Å². The number of carbonyl (C=O) groups is 1. The zero-order valence-corrected chi connectivity index (χ0v) is 21.2. The summed E-state index contributed by atoms with van der Waals surface area (Å²) in [5.74, 6) is -0.392. The minimum atomic E-state index is -0.961. The number of carboxylic acids is 1. The van der Waals surface area contributed by atoms with Crippen LogP contribution >= 0.6 is 0 Å². The van der Waals surface area contributed by atoms with Crippen LogP contribution in [0, 0.1) is 0 Å². The quantitative estimate of drug-likeness (QED) is 0.314. The molecule has 0 fully saturated rings. The van der Waals surface area contributed by atoms with Crippen LogP contribution < -0.4 is 5.69 Å². The summed E-state index contributed by atoms with van der Waals surface area (Å²) in [6.45, 7) is 4.67. The Morgan fingerprint density at radius 1 is 1.03 bits per heavy atom. The number of carboxylic acid groups (broad SMARTS) is 1. The van der Waals surface area contributed by atoms with Gasteiger partial charge in [0, 0.05) is 19.4 Å². The molecule has 4 rings (SSSR count). The summed E-state index contributed by atoms with van der Waals surface area (Å²) < 4.78 is 1.54. The Hall–Kier alpha value is -4.20. The van der Waals surface area contributed by atoms with Crippen molar-refractivity contribution in [3.63, 3.8) is 0 Å². The van der Waals surface area contributed by atoms with Crippen molar-refractivity contribution in [3.8, 4) is 17.0 Å². The van der Waals surface area contributed by atoms with Crippen LogP contribution in [0.5, 0.6) is 5.88 Å².